The molecule has 1 aromatic carbocycles. The molecule has 4 nitrogen and oxygen atoms in total. The zero-order valence-electron chi connectivity index (χ0n) is 12.4. The Balaban J connectivity index is 2.40. The van der Waals surface area contributed by atoms with Crippen LogP contribution in [0.1, 0.15) is 25.8 Å². The lowest BCUT2D eigenvalue weighted by molar-refractivity contribution is 0.222. The van der Waals surface area contributed by atoms with Crippen molar-refractivity contribution >= 4 is 10.0 Å². The monoisotopic (exact) mass is 307 g/mol. The van der Waals surface area contributed by atoms with Crippen molar-refractivity contribution in [2.75, 3.05) is 19.7 Å². The molecule has 1 saturated heterocycles. The summed E-state index contributed by atoms with van der Waals surface area (Å²) in [4.78, 5) is 0.229. The van der Waals surface area contributed by atoms with Gasteiger partial charge in [-0.25, -0.2) is 8.42 Å². The van der Waals surface area contributed by atoms with Crippen molar-refractivity contribution in [2.24, 2.45) is 11.8 Å². The largest absolute Gasteiger partial charge is 0.384 e. The van der Waals surface area contributed by atoms with Crippen LogP contribution in [0.25, 0.3) is 0 Å². The Kier molecular flexibility index (Phi) is 5.04. The molecule has 2 atom stereocenters. The fraction of sp³-hybridized carbons (Fsp3) is 0.500. The van der Waals surface area contributed by atoms with Crippen LogP contribution in [0, 0.1) is 23.7 Å². The van der Waals surface area contributed by atoms with Crippen molar-refractivity contribution in [1.82, 2.24) is 4.31 Å². The molecule has 0 radical (unpaired) electrons. The van der Waals surface area contributed by atoms with Gasteiger partial charge in [0.1, 0.15) is 6.61 Å². The van der Waals surface area contributed by atoms with Crippen molar-refractivity contribution in [3.05, 3.63) is 29.8 Å². The normalized spacial score (nSPS) is 23.4. The Morgan fingerprint density at radius 2 is 1.86 bits per heavy atom. The van der Waals surface area contributed by atoms with E-state index in [1.807, 2.05) is 0 Å². The predicted octanol–water partition coefficient (Wildman–Crippen LogP) is 1.70. The molecular weight excluding hydrogens is 286 g/mol. The van der Waals surface area contributed by atoms with Gasteiger partial charge in [0.15, 0.2) is 0 Å². The summed E-state index contributed by atoms with van der Waals surface area (Å²) >= 11 is 0. The molecule has 1 aromatic rings. The second-order valence-corrected chi connectivity index (χ2v) is 7.63. The minimum atomic E-state index is -3.54. The molecular formula is C16H21NO3S. The molecule has 0 aromatic heterocycles. The molecule has 1 fully saturated rings. The predicted molar refractivity (Wildman–Crippen MR) is 82.1 cm³/mol. The number of nitrogens with zero attached hydrogens (tertiary/aromatic N) is 1. The minimum absolute atomic E-state index is 0.229. The van der Waals surface area contributed by atoms with Crippen molar-refractivity contribution in [3.63, 3.8) is 0 Å². The third-order valence-corrected chi connectivity index (χ3v) is 5.53. The third kappa shape index (κ3) is 3.65. The van der Waals surface area contributed by atoms with Gasteiger partial charge >= 0.3 is 0 Å². The van der Waals surface area contributed by atoms with Gasteiger partial charge in [-0.3, -0.25) is 0 Å². The third-order valence-electron chi connectivity index (χ3n) is 3.64. The zero-order chi connectivity index (χ0) is 15.5. The average Bonchev–Trinajstić information content (AvgIpc) is 2.44. The maximum Gasteiger partial charge on any atom is 0.244 e. The van der Waals surface area contributed by atoms with Crippen LogP contribution in [-0.2, 0) is 10.0 Å². The second kappa shape index (κ2) is 6.61. The first-order valence-corrected chi connectivity index (χ1v) is 8.58. The molecule has 21 heavy (non-hydrogen) atoms. The first kappa shape index (κ1) is 16.0. The lowest BCUT2D eigenvalue weighted by Crippen LogP contribution is -2.42. The molecule has 2 rings (SSSR count). The fourth-order valence-electron chi connectivity index (χ4n) is 2.87. The van der Waals surface area contributed by atoms with E-state index in [2.05, 4.69) is 25.7 Å². The van der Waals surface area contributed by atoms with E-state index in [1.165, 1.54) is 0 Å². The highest BCUT2D eigenvalue weighted by Crippen LogP contribution is 2.27. The van der Waals surface area contributed by atoms with E-state index in [0.29, 0.717) is 30.5 Å². The summed E-state index contributed by atoms with van der Waals surface area (Å²) < 4.78 is 27.3. The Morgan fingerprint density at radius 1 is 1.24 bits per heavy atom. The van der Waals surface area contributed by atoms with Crippen LogP contribution in [0.15, 0.2) is 29.2 Å². The summed E-state index contributed by atoms with van der Waals surface area (Å²) in [7, 11) is -3.54. The molecule has 2 unspecified atom stereocenters. The van der Waals surface area contributed by atoms with Gasteiger partial charge in [-0.1, -0.05) is 37.8 Å². The maximum atomic E-state index is 12.9. The van der Waals surface area contributed by atoms with E-state index in [0.717, 1.165) is 6.42 Å². The van der Waals surface area contributed by atoms with Gasteiger partial charge in [-0.05, 0) is 30.4 Å². The van der Waals surface area contributed by atoms with Crippen molar-refractivity contribution < 1.29 is 13.5 Å². The highest BCUT2D eigenvalue weighted by molar-refractivity contribution is 7.89. The van der Waals surface area contributed by atoms with Crippen molar-refractivity contribution in [2.45, 2.75) is 25.2 Å². The topological polar surface area (TPSA) is 57.6 Å². The van der Waals surface area contributed by atoms with Crippen LogP contribution in [0.5, 0.6) is 0 Å². The Morgan fingerprint density at radius 3 is 2.48 bits per heavy atom. The van der Waals surface area contributed by atoms with Gasteiger partial charge in [-0.2, -0.15) is 4.31 Å². The molecule has 0 bridgehead atoms. The minimum Gasteiger partial charge on any atom is -0.384 e. The second-order valence-electron chi connectivity index (χ2n) is 5.72. The lowest BCUT2D eigenvalue weighted by atomic mass is 9.94. The summed E-state index contributed by atoms with van der Waals surface area (Å²) in [6.45, 7) is 4.97. The standard InChI is InChI=1S/C16H21NO3S/c1-13-10-14(2)12-17(11-13)21(19,20)16-8-4-3-6-15(16)7-5-9-18/h3-4,6,8,13-14,18H,9-12H2,1-2H3. The lowest BCUT2D eigenvalue weighted by Gasteiger charge is -2.34. The smallest absolute Gasteiger partial charge is 0.244 e. The van der Waals surface area contributed by atoms with Crippen LogP contribution < -0.4 is 0 Å². The van der Waals surface area contributed by atoms with E-state index in [-0.39, 0.29) is 11.5 Å². The highest BCUT2D eigenvalue weighted by Gasteiger charge is 2.32. The van der Waals surface area contributed by atoms with E-state index in [1.54, 1.807) is 28.6 Å². The molecule has 5 heteroatoms. The van der Waals surface area contributed by atoms with Gasteiger partial charge < -0.3 is 5.11 Å². The number of rotatable bonds is 2. The molecule has 0 aliphatic carbocycles. The van der Waals surface area contributed by atoms with Gasteiger partial charge in [0.25, 0.3) is 0 Å². The molecule has 0 amide bonds. The van der Waals surface area contributed by atoms with Crippen LogP contribution in [0.4, 0.5) is 0 Å². The summed E-state index contributed by atoms with van der Waals surface area (Å²) in [6.07, 6.45) is 1.05. The van der Waals surface area contributed by atoms with E-state index >= 15 is 0 Å². The number of aliphatic hydroxyl groups is 1. The Hall–Kier alpha value is -1.35. The van der Waals surface area contributed by atoms with E-state index in [4.69, 9.17) is 5.11 Å². The molecule has 0 saturated carbocycles. The number of hydrogen-bond donors (Lipinski definition) is 1. The van der Waals surface area contributed by atoms with Crippen LogP contribution in [-0.4, -0.2) is 37.5 Å². The number of benzene rings is 1. The molecule has 0 spiro atoms. The summed E-state index contributed by atoms with van der Waals surface area (Å²) in [6, 6.07) is 6.71. The summed E-state index contributed by atoms with van der Waals surface area (Å²) in [5, 5.41) is 8.81. The Bertz CT molecular complexity index is 648. The first-order chi connectivity index (χ1) is 9.95. The molecule has 1 N–H and O–H groups in total. The number of sulfonamides is 1. The highest BCUT2D eigenvalue weighted by atomic mass is 32.2. The number of piperidine rings is 1. The van der Waals surface area contributed by atoms with Crippen LogP contribution >= 0.6 is 0 Å². The zero-order valence-corrected chi connectivity index (χ0v) is 13.2. The van der Waals surface area contributed by atoms with Gasteiger partial charge in [0.05, 0.1) is 4.90 Å². The van der Waals surface area contributed by atoms with E-state index in [9.17, 15) is 8.42 Å². The Labute approximate surface area is 126 Å². The van der Waals surface area contributed by atoms with Crippen LogP contribution in [0.2, 0.25) is 0 Å². The van der Waals surface area contributed by atoms with Gasteiger partial charge in [0.2, 0.25) is 10.0 Å². The first-order valence-electron chi connectivity index (χ1n) is 7.14. The summed E-state index contributed by atoms with van der Waals surface area (Å²) in [5.74, 6) is 5.97. The van der Waals surface area contributed by atoms with Crippen molar-refractivity contribution in [1.29, 1.82) is 0 Å². The van der Waals surface area contributed by atoms with E-state index < -0.39 is 10.0 Å². The van der Waals surface area contributed by atoms with Gasteiger partial charge in [0, 0.05) is 18.7 Å². The summed E-state index contributed by atoms with van der Waals surface area (Å²) in [5.41, 5.74) is 0.442. The maximum absolute atomic E-state index is 12.9. The molecule has 1 aliphatic heterocycles. The number of aliphatic hydroxyl groups excluding tert-OH is 1. The van der Waals surface area contributed by atoms with Crippen molar-refractivity contribution in [3.8, 4) is 11.8 Å². The fourth-order valence-corrected chi connectivity index (χ4v) is 4.70. The molecule has 1 heterocycles. The quantitative estimate of drug-likeness (QED) is 0.846. The SMILES string of the molecule is CC1CC(C)CN(S(=O)(=O)c2ccccc2C#CCO)C1. The number of hydrogen-bond acceptors (Lipinski definition) is 3. The average molecular weight is 307 g/mol. The molecule has 114 valence electrons. The molecule has 1 aliphatic rings. The van der Waals surface area contributed by atoms with Gasteiger partial charge in [-0.15, -0.1) is 0 Å². The van der Waals surface area contributed by atoms with Crippen LogP contribution in [0.3, 0.4) is 0 Å².